The molecule has 1 unspecified atom stereocenters. The minimum Gasteiger partial charge on any atom is -0.334 e. The third-order valence-corrected chi connectivity index (χ3v) is 3.91. The van der Waals surface area contributed by atoms with Crippen molar-refractivity contribution in [3.05, 3.63) is 42.1 Å². The monoisotopic (exact) mass is 280 g/mol. The smallest absolute Gasteiger partial charge is 0.321 e. The molecule has 5 heteroatoms. The van der Waals surface area contributed by atoms with E-state index in [1.807, 2.05) is 38.1 Å². The van der Waals surface area contributed by atoms with Crippen LogP contribution in [0, 0.1) is 0 Å². The first kappa shape index (κ1) is 15.4. The van der Waals surface area contributed by atoms with Crippen LogP contribution in [0.15, 0.2) is 41.4 Å². The zero-order valence-corrected chi connectivity index (χ0v) is 12.4. The van der Waals surface area contributed by atoms with Crippen molar-refractivity contribution in [3.63, 3.8) is 0 Å². The summed E-state index contributed by atoms with van der Waals surface area (Å²) in [4.78, 5) is 14.0. The van der Waals surface area contributed by atoms with Crippen LogP contribution in [0.25, 0.3) is 0 Å². The summed E-state index contributed by atoms with van der Waals surface area (Å²) in [6, 6.07) is 7.31. The van der Waals surface area contributed by atoms with E-state index in [0.717, 1.165) is 10.5 Å². The van der Waals surface area contributed by atoms with E-state index in [2.05, 4.69) is 5.32 Å². The quantitative estimate of drug-likeness (QED) is 0.901. The van der Waals surface area contributed by atoms with Gasteiger partial charge in [-0.1, -0.05) is 25.1 Å². The van der Waals surface area contributed by atoms with E-state index in [-0.39, 0.29) is 6.03 Å². The van der Waals surface area contributed by atoms with Crippen molar-refractivity contribution in [2.75, 3.05) is 12.8 Å². The van der Waals surface area contributed by atoms with Crippen molar-refractivity contribution >= 4 is 16.8 Å². The van der Waals surface area contributed by atoms with Crippen LogP contribution < -0.4 is 5.32 Å². The SMILES string of the molecule is C/C=C/N(C)C(=O)NCc1ccc(S(=O)CC)cc1. The summed E-state index contributed by atoms with van der Waals surface area (Å²) in [6.45, 7) is 4.21. The number of nitrogens with one attached hydrogen (secondary N) is 1. The molecular weight excluding hydrogens is 260 g/mol. The summed E-state index contributed by atoms with van der Waals surface area (Å²) < 4.78 is 11.6. The van der Waals surface area contributed by atoms with Gasteiger partial charge in [0.05, 0.1) is 10.8 Å². The molecule has 0 heterocycles. The maximum atomic E-state index is 11.6. The molecule has 0 bridgehead atoms. The Morgan fingerprint density at radius 2 is 2.00 bits per heavy atom. The maximum Gasteiger partial charge on any atom is 0.321 e. The first-order valence-corrected chi connectivity index (χ1v) is 7.51. The maximum absolute atomic E-state index is 11.6. The summed E-state index contributed by atoms with van der Waals surface area (Å²) in [5.74, 6) is 0.615. The van der Waals surface area contributed by atoms with Crippen LogP contribution in [0.1, 0.15) is 19.4 Å². The van der Waals surface area contributed by atoms with Gasteiger partial charge in [-0.05, 0) is 24.6 Å². The average Bonchev–Trinajstić information content (AvgIpc) is 2.44. The van der Waals surface area contributed by atoms with Crippen molar-refractivity contribution in [1.29, 1.82) is 0 Å². The molecule has 0 aliphatic heterocycles. The molecule has 0 aromatic heterocycles. The van der Waals surface area contributed by atoms with Gasteiger partial charge >= 0.3 is 6.03 Å². The van der Waals surface area contributed by atoms with Crippen LogP contribution in [0.3, 0.4) is 0 Å². The Morgan fingerprint density at radius 1 is 1.37 bits per heavy atom. The van der Waals surface area contributed by atoms with Crippen LogP contribution in [-0.4, -0.2) is 27.9 Å². The summed E-state index contributed by atoms with van der Waals surface area (Å²) in [5, 5.41) is 2.81. The third kappa shape index (κ3) is 4.87. The molecule has 19 heavy (non-hydrogen) atoms. The molecule has 4 nitrogen and oxygen atoms in total. The molecule has 1 atom stereocenters. The van der Waals surface area contributed by atoms with Gasteiger partial charge in [0.2, 0.25) is 0 Å². The lowest BCUT2D eigenvalue weighted by Gasteiger charge is -2.13. The predicted octanol–water partition coefficient (Wildman–Crippen LogP) is 2.49. The van der Waals surface area contributed by atoms with E-state index in [1.165, 1.54) is 4.90 Å². The molecule has 1 aromatic carbocycles. The number of amides is 2. The number of hydrogen-bond acceptors (Lipinski definition) is 2. The Hall–Kier alpha value is -1.62. The number of benzene rings is 1. The van der Waals surface area contributed by atoms with E-state index < -0.39 is 10.8 Å². The minimum absolute atomic E-state index is 0.153. The van der Waals surface area contributed by atoms with E-state index in [1.54, 1.807) is 19.3 Å². The second kappa shape index (κ2) is 7.74. The van der Waals surface area contributed by atoms with Crippen molar-refractivity contribution in [2.24, 2.45) is 0 Å². The molecule has 0 saturated carbocycles. The Labute approximate surface area is 117 Å². The standard InChI is InChI=1S/C14H20N2O2S/c1-4-10-16(3)14(17)15-11-12-6-8-13(9-7-12)19(18)5-2/h4,6-10H,5,11H2,1-3H3,(H,15,17)/b10-4+. The van der Waals surface area contributed by atoms with Gasteiger partial charge in [-0.25, -0.2) is 4.79 Å². The van der Waals surface area contributed by atoms with Crippen LogP contribution in [0.5, 0.6) is 0 Å². The molecular formula is C14H20N2O2S. The van der Waals surface area contributed by atoms with Crippen molar-refractivity contribution in [3.8, 4) is 0 Å². The summed E-state index contributed by atoms with van der Waals surface area (Å²) in [7, 11) is 0.771. The number of carbonyl (C=O) groups excluding carboxylic acids is 1. The topological polar surface area (TPSA) is 49.4 Å². The van der Waals surface area contributed by atoms with Gasteiger partial charge in [-0.3, -0.25) is 4.21 Å². The van der Waals surface area contributed by atoms with Gasteiger partial charge in [0.1, 0.15) is 0 Å². The molecule has 1 N–H and O–H groups in total. The average molecular weight is 280 g/mol. The van der Waals surface area contributed by atoms with Gasteiger partial charge in [0.25, 0.3) is 0 Å². The van der Waals surface area contributed by atoms with E-state index in [0.29, 0.717) is 12.3 Å². The highest BCUT2D eigenvalue weighted by Crippen LogP contribution is 2.09. The van der Waals surface area contributed by atoms with Gasteiger partial charge in [0.15, 0.2) is 0 Å². The lowest BCUT2D eigenvalue weighted by Crippen LogP contribution is -2.33. The molecule has 0 saturated heterocycles. The lowest BCUT2D eigenvalue weighted by atomic mass is 10.2. The lowest BCUT2D eigenvalue weighted by molar-refractivity contribution is 0.222. The van der Waals surface area contributed by atoms with E-state index in [9.17, 15) is 9.00 Å². The second-order valence-electron chi connectivity index (χ2n) is 4.03. The number of carbonyl (C=O) groups is 1. The molecule has 0 fully saturated rings. The Kier molecular flexibility index (Phi) is 6.29. The first-order valence-electron chi connectivity index (χ1n) is 6.19. The number of rotatable bonds is 5. The Morgan fingerprint density at radius 3 is 2.53 bits per heavy atom. The van der Waals surface area contributed by atoms with Crippen LogP contribution in [-0.2, 0) is 17.3 Å². The highest BCUT2D eigenvalue weighted by atomic mass is 32.2. The fourth-order valence-corrected chi connectivity index (χ4v) is 2.29. The van der Waals surface area contributed by atoms with Gasteiger partial charge in [-0.2, -0.15) is 0 Å². The zero-order chi connectivity index (χ0) is 14.3. The van der Waals surface area contributed by atoms with Gasteiger partial charge in [0, 0.05) is 30.4 Å². The van der Waals surface area contributed by atoms with E-state index in [4.69, 9.17) is 0 Å². The first-order chi connectivity index (χ1) is 9.08. The van der Waals surface area contributed by atoms with Gasteiger partial charge < -0.3 is 10.2 Å². The largest absolute Gasteiger partial charge is 0.334 e. The van der Waals surface area contributed by atoms with Gasteiger partial charge in [-0.15, -0.1) is 0 Å². The highest BCUT2D eigenvalue weighted by molar-refractivity contribution is 7.85. The number of allylic oxidation sites excluding steroid dienone is 1. The minimum atomic E-state index is -0.926. The second-order valence-corrected chi connectivity index (χ2v) is 5.77. The van der Waals surface area contributed by atoms with Crippen LogP contribution in [0.4, 0.5) is 4.79 Å². The fourth-order valence-electron chi connectivity index (χ4n) is 1.52. The number of nitrogens with zero attached hydrogens (tertiary/aromatic N) is 1. The molecule has 104 valence electrons. The normalized spacial score (nSPS) is 12.4. The Balaban J connectivity index is 2.55. The van der Waals surface area contributed by atoms with Crippen molar-refractivity contribution in [1.82, 2.24) is 10.2 Å². The predicted molar refractivity (Wildman–Crippen MR) is 78.2 cm³/mol. The molecule has 0 aliphatic carbocycles. The van der Waals surface area contributed by atoms with Crippen LogP contribution >= 0.6 is 0 Å². The molecule has 0 radical (unpaired) electrons. The number of hydrogen-bond donors (Lipinski definition) is 1. The number of urea groups is 1. The summed E-state index contributed by atoms with van der Waals surface area (Å²) in [6.07, 6.45) is 3.50. The molecule has 0 spiro atoms. The van der Waals surface area contributed by atoms with E-state index >= 15 is 0 Å². The molecule has 0 aliphatic rings. The fraction of sp³-hybridized carbons (Fsp3) is 0.357. The molecule has 1 rings (SSSR count). The Bertz CT molecular complexity index is 469. The zero-order valence-electron chi connectivity index (χ0n) is 11.6. The summed E-state index contributed by atoms with van der Waals surface area (Å²) in [5.41, 5.74) is 0.985. The van der Waals surface area contributed by atoms with Crippen molar-refractivity contribution < 1.29 is 9.00 Å². The molecule has 1 aromatic rings. The van der Waals surface area contributed by atoms with Crippen LogP contribution in [0.2, 0.25) is 0 Å². The summed E-state index contributed by atoms with van der Waals surface area (Å²) >= 11 is 0. The highest BCUT2D eigenvalue weighted by Gasteiger charge is 2.05. The van der Waals surface area contributed by atoms with Crippen molar-refractivity contribution in [2.45, 2.75) is 25.3 Å². The third-order valence-electron chi connectivity index (χ3n) is 2.59. The molecule has 2 amide bonds.